The number of benzene rings is 1. The molecule has 1 aromatic rings. The first-order valence-electron chi connectivity index (χ1n) is 9.94. The van der Waals surface area contributed by atoms with E-state index in [0.717, 1.165) is 25.3 Å². The van der Waals surface area contributed by atoms with Crippen LogP contribution in [-0.4, -0.2) is 24.3 Å². The van der Waals surface area contributed by atoms with Crippen LogP contribution in [0.1, 0.15) is 54.4 Å². The molecule has 5 rings (SSSR count). The normalized spacial score (nSPS) is 30.1. The predicted octanol–water partition coefficient (Wildman–Crippen LogP) is 2.50. The first kappa shape index (κ1) is 18.9. The van der Waals surface area contributed by atoms with Crippen molar-refractivity contribution in [2.24, 2.45) is 28.9 Å². The first-order chi connectivity index (χ1) is 13.3. The smallest absolute Gasteiger partial charge is 0.248 e. The van der Waals surface area contributed by atoms with Gasteiger partial charge in [-0.05, 0) is 75.3 Å². The molecule has 0 spiro atoms. The van der Waals surface area contributed by atoms with Gasteiger partial charge in [-0.15, -0.1) is 0 Å². The Morgan fingerprint density at radius 1 is 1.11 bits per heavy atom. The molecule has 0 atom stereocenters. The molecule has 1 aromatic carbocycles. The van der Waals surface area contributed by atoms with Crippen LogP contribution in [0.25, 0.3) is 0 Å². The number of carbonyl (C=O) groups is 3. The number of hydrogen-bond acceptors (Lipinski definition) is 3. The highest BCUT2D eigenvalue weighted by molar-refractivity contribution is 5.98. The standard InChI is InChI=1S/C21H26FN3O3/c1-11-16(22)5-15(19(23)27)6-17(11)25-18(26)10-24-20(28)21-7-12-2-13(8-21)4-14(3-12)9-21/h5-6,12-14H,2-4,7-10H2,1H3,(H2,23,27)(H,24,28)(H,25,26). The Bertz CT molecular complexity index is 816. The SMILES string of the molecule is Cc1c(F)cc(C(N)=O)cc1NC(=O)CNC(=O)C12CC3CC(CC(C3)C1)C2. The lowest BCUT2D eigenvalue weighted by atomic mass is 9.49. The third kappa shape index (κ3) is 3.38. The molecule has 0 heterocycles. The third-order valence-corrected chi connectivity index (χ3v) is 6.83. The number of halogens is 1. The molecule has 4 fully saturated rings. The number of carbonyl (C=O) groups excluding carboxylic acids is 3. The molecular formula is C21H26FN3O3. The molecule has 0 aromatic heterocycles. The van der Waals surface area contributed by atoms with Crippen LogP contribution >= 0.6 is 0 Å². The fourth-order valence-corrected chi connectivity index (χ4v) is 5.88. The molecule has 4 aliphatic carbocycles. The number of hydrogen-bond donors (Lipinski definition) is 3. The Kier molecular flexibility index (Phi) is 4.63. The Morgan fingerprint density at radius 3 is 2.21 bits per heavy atom. The largest absolute Gasteiger partial charge is 0.366 e. The van der Waals surface area contributed by atoms with Gasteiger partial charge in [-0.1, -0.05) is 0 Å². The van der Waals surface area contributed by atoms with Crippen molar-refractivity contribution < 1.29 is 18.8 Å². The summed E-state index contributed by atoms with van der Waals surface area (Å²) in [5.74, 6) is 0.0560. The van der Waals surface area contributed by atoms with Gasteiger partial charge in [0.15, 0.2) is 0 Å². The third-order valence-electron chi connectivity index (χ3n) is 6.83. The Hall–Kier alpha value is -2.44. The summed E-state index contributed by atoms with van der Waals surface area (Å²) in [7, 11) is 0. The van der Waals surface area contributed by atoms with Gasteiger partial charge in [0.1, 0.15) is 5.82 Å². The quantitative estimate of drug-likeness (QED) is 0.723. The van der Waals surface area contributed by atoms with E-state index in [1.165, 1.54) is 32.3 Å². The van der Waals surface area contributed by atoms with Gasteiger partial charge < -0.3 is 16.4 Å². The zero-order chi connectivity index (χ0) is 20.1. The molecule has 4 aliphatic rings. The molecule has 3 amide bonds. The lowest BCUT2D eigenvalue weighted by molar-refractivity contribution is -0.146. The van der Waals surface area contributed by atoms with Crippen molar-refractivity contribution in [2.45, 2.75) is 45.4 Å². The highest BCUT2D eigenvalue weighted by atomic mass is 19.1. The molecule has 150 valence electrons. The Balaban J connectivity index is 1.39. The number of nitrogens with two attached hydrogens (primary N) is 1. The molecule has 0 saturated heterocycles. The van der Waals surface area contributed by atoms with E-state index in [9.17, 15) is 18.8 Å². The topological polar surface area (TPSA) is 101 Å². The highest BCUT2D eigenvalue weighted by Gasteiger charge is 2.54. The van der Waals surface area contributed by atoms with Crippen molar-refractivity contribution in [3.63, 3.8) is 0 Å². The van der Waals surface area contributed by atoms with E-state index in [-0.39, 0.29) is 34.7 Å². The average molecular weight is 387 g/mol. The molecule has 4 N–H and O–H groups in total. The van der Waals surface area contributed by atoms with Crippen molar-refractivity contribution in [2.75, 3.05) is 11.9 Å². The van der Waals surface area contributed by atoms with Gasteiger partial charge in [0, 0.05) is 22.2 Å². The summed E-state index contributed by atoms with van der Waals surface area (Å²) in [5, 5.41) is 5.37. The minimum absolute atomic E-state index is 0.0176. The van der Waals surface area contributed by atoms with Gasteiger partial charge in [-0.2, -0.15) is 0 Å². The van der Waals surface area contributed by atoms with Crippen LogP contribution in [0, 0.1) is 35.9 Å². The maximum absolute atomic E-state index is 14.0. The number of anilines is 1. The molecule has 6 nitrogen and oxygen atoms in total. The summed E-state index contributed by atoms with van der Waals surface area (Å²) in [4.78, 5) is 36.5. The first-order valence-corrected chi connectivity index (χ1v) is 9.94. The van der Waals surface area contributed by atoms with E-state index >= 15 is 0 Å². The minimum Gasteiger partial charge on any atom is -0.366 e. The zero-order valence-electron chi connectivity index (χ0n) is 16.0. The number of amides is 3. The molecule has 0 unspecified atom stereocenters. The summed E-state index contributed by atoms with van der Waals surface area (Å²) in [6.45, 7) is 1.33. The van der Waals surface area contributed by atoms with E-state index in [4.69, 9.17) is 5.73 Å². The maximum Gasteiger partial charge on any atom is 0.248 e. The molecule has 7 heteroatoms. The van der Waals surface area contributed by atoms with Crippen LogP contribution in [0.3, 0.4) is 0 Å². The van der Waals surface area contributed by atoms with E-state index in [1.807, 2.05) is 0 Å². The number of rotatable bonds is 5. The van der Waals surface area contributed by atoms with Gasteiger partial charge in [-0.3, -0.25) is 14.4 Å². The Labute approximate surface area is 163 Å². The predicted molar refractivity (Wildman–Crippen MR) is 102 cm³/mol. The van der Waals surface area contributed by atoms with Crippen molar-refractivity contribution in [1.82, 2.24) is 5.32 Å². The molecule has 0 radical (unpaired) electrons. The second kappa shape index (κ2) is 6.87. The van der Waals surface area contributed by atoms with Gasteiger partial charge in [0.25, 0.3) is 0 Å². The van der Waals surface area contributed by atoms with Crippen LogP contribution in [0.15, 0.2) is 12.1 Å². The summed E-state index contributed by atoms with van der Waals surface area (Å²) in [5.41, 5.74) is 5.26. The van der Waals surface area contributed by atoms with Crippen LogP contribution < -0.4 is 16.4 Å². The summed E-state index contributed by atoms with van der Waals surface area (Å²) in [6.07, 6.45) is 6.52. The summed E-state index contributed by atoms with van der Waals surface area (Å²) in [6, 6.07) is 2.39. The molecule has 4 saturated carbocycles. The van der Waals surface area contributed by atoms with Crippen LogP contribution in [0.5, 0.6) is 0 Å². The Morgan fingerprint density at radius 2 is 1.68 bits per heavy atom. The average Bonchev–Trinajstić information content (AvgIpc) is 2.62. The van der Waals surface area contributed by atoms with Crippen LogP contribution in [0.4, 0.5) is 10.1 Å². The fourth-order valence-electron chi connectivity index (χ4n) is 5.88. The molecular weight excluding hydrogens is 361 g/mol. The maximum atomic E-state index is 14.0. The highest BCUT2D eigenvalue weighted by Crippen LogP contribution is 2.60. The van der Waals surface area contributed by atoms with Gasteiger partial charge in [0.2, 0.25) is 17.7 Å². The zero-order valence-corrected chi connectivity index (χ0v) is 16.0. The molecule has 28 heavy (non-hydrogen) atoms. The van der Waals surface area contributed by atoms with E-state index < -0.39 is 17.6 Å². The van der Waals surface area contributed by atoms with Crippen molar-refractivity contribution in [3.05, 3.63) is 29.1 Å². The fraction of sp³-hybridized carbons (Fsp3) is 0.571. The van der Waals surface area contributed by atoms with Crippen molar-refractivity contribution in [1.29, 1.82) is 0 Å². The van der Waals surface area contributed by atoms with Crippen LogP contribution in [-0.2, 0) is 9.59 Å². The number of primary amides is 1. The van der Waals surface area contributed by atoms with E-state index in [2.05, 4.69) is 10.6 Å². The van der Waals surface area contributed by atoms with E-state index in [1.54, 1.807) is 0 Å². The monoisotopic (exact) mass is 387 g/mol. The molecule has 0 aliphatic heterocycles. The van der Waals surface area contributed by atoms with E-state index in [0.29, 0.717) is 17.8 Å². The summed E-state index contributed by atoms with van der Waals surface area (Å²) >= 11 is 0. The minimum atomic E-state index is -0.774. The van der Waals surface area contributed by atoms with Gasteiger partial charge in [-0.25, -0.2) is 4.39 Å². The van der Waals surface area contributed by atoms with Gasteiger partial charge in [0.05, 0.1) is 6.54 Å². The second-order valence-corrected chi connectivity index (χ2v) is 8.92. The second-order valence-electron chi connectivity index (χ2n) is 8.92. The lowest BCUT2D eigenvalue weighted by Crippen LogP contribution is -2.54. The lowest BCUT2D eigenvalue weighted by Gasteiger charge is -2.55. The van der Waals surface area contributed by atoms with Crippen molar-refractivity contribution >= 4 is 23.4 Å². The van der Waals surface area contributed by atoms with Crippen molar-refractivity contribution in [3.8, 4) is 0 Å². The summed E-state index contributed by atoms with van der Waals surface area (Å²) < 4.78 is 14.0. The molecule has 4 bridgehead atoms. The number of nitrogens with one attached hydrogen (secondary N) is 2. The van der Waals surface area contributed by atoms with Gasteiger partial charge >= 0.3 is 0 Å². The van der Waals surface area contributed by atoms with Crippen LogP contribution in [0.2, 0.25) is 0 Å².